The number of benzene rings is 2. The van der Waals surface area contributed by atoms with Crippen LogP contribution in [0.3, 0.4) is 0 Å². The smallest absolute Gasteiger partial charge is 0.162 e. The summed E-state index contributed by atoms with van der Waals surface area (Å²) >= 11 is 0. The summed E-state index contributed by atoms with van der Waals surface area (Å²) < 4.78 is 10.7. The number of anilines is 1. The normalized spacial score (nSPS) is 10.6. The maximum Gasteiger partial charge on any atom is 0.162 e. The number of fused-ring (bicyclic) bond motifs is 1. The fourth-order valence-electron chi connectivity index (χ4n) is 2.51. The molecule has 0 saturated heterocycles. The second kappa shape index (κ2) is 6.12. The minimum Gasteiger partial charge on any atom is -0.493 e. The van der Waals surface area contributed by atoms with Gasteiger partial charge in [0.05, 0.1) is 19.7 Å². The number of rotatable bonds is 4. The molecule has 0 unspecified atom stereocenters. The minimum atomic E-state index is 0.660. The highest BCUT2D eigenvalue weighted by molar-refractivity contribution is 5.90. The van der Waals surface area contributed by atoms with Gasteiger partial charge in [0, 0.05) is 25.0 Å². The summed E-state index contributed by atoms with van der Waals surface area (Å²) in [4.78, 5) is 11.4. The molecule has 0 radical (unpaired) electrons. The standard InChI is InChI=1S/C18H19N3O2/c1-21(2)18-13-7-5-6-8-14(13)19-17(20-18)12-9-10-15(22-3)16(11-12)23-4/h5-11H,1-4H3. The lowest BCUT2D eigenvalue weighted by molar-refractivity contribution is 0.355. The average molecular weight is 309 g/mol. The average Bonchev–Trinajstić information content (AvgIpc) is 2.59. The van der Waals surface area contributed by atoms with Gasteiger partial charge in [-0.2, -0.15) is 0 Å². The van der Waals surface area contributed by atoms with Crippen LogP contribution in [-0.4, -0.2) is 38.3 Å². The van der Waals surface area contributed by atoms with Crippen LogP contribution in [0.4, 0.5) is 5.82 Å². The van der Waals surface area contributed by atoms with E-state index in [0.29, 0.717) is 17.3 Å². The molecule has 3 rings (SSSR count). The molecule has 0 aliphatic rings. The maximum atomic E-state index is 5.37. The number of hydrogen-bond donors (Lipinski definition) is 0. The van der Waals surface area contributed by atoms with Crippen LogP contribution in [0.5, 0.6) is 11.5 Å². The van der Waals surface area contributed by atoms with E-state index in [1.165, 1.54) is 0 Å². The minimum absolute atomic E-state index is 0.660. The lowest BCUT2D eigenvalue weighted by atomic mass is 10.1. The number of methoxy groups -OCH3 is 2. The summed E-state index contributed by atoms with van der Waals surface area (Å²) in [6, 6.07) is 13.7. The third-order valence-electron chi connectivity index (χ3n) is 3.65. The fraction of sp³-hybridized carbons (Fsp3) is 0.222. The summed E-state index contributed by atoms with van der Waals surface area (Å²) in [5, 5.41) is 1.03. The fourth-order valence-corrected chi connectivity index (χ4v) is 2.51. The van der Waals surface area contributed by atoms with Crippen LogP contribution >= 0.6 is 0 Å². The number of nitrogens with zero attached hydrogens (tertiary/aromatic N) is 3. The van der Waals surface area contributed by atoms with E-state index in [1.54, 1.807) is 14.2 Å². The van der Waals surface area contributed by atoms with Crippen molar-refractivity contribution in [3.8, 4) is 22.9 Å². The lowest BCUT2D eigenvalue weighted by Gasteiger charge is -2.16. The Morgan fingerprint density at radius 3 is 2.30 bits per heavy atom. The second-order valence-electron chi connectivity index (χ2n) is 5.35. The number of ether oxygens (including phenoxy) is 2. The first-order valence-corrected chi connectivity index (χ1v) is 7.30. The molecule has 3 aromatic rings. The number of para-hydroxylation sites is 1. The zero-order valence-corrected chi connectivity index (χ0v) is 13.7. The van der Waals surface area contributed by atoms with Gasteiger partial charge < -0.3 is 14.4 Å². The lowest BCUT2D eigenvalue weighted by Crippen LogP contribution is -2.12. The first kappa shape index (κ1) is 15.1. The Kier molecular flexibility index (Phi) is 4.02. The van der Waals surface area contributed by atoms with E-state index >= 15 is 0 Å². The molecule has 118 valence electrons. The second-order valence-corrected chi connectivity index (χ2v) is 5.35. The highest BCUT2D eigenvalue weighted by Crippen LogP contribution is 2.33. The van der Waals surface area contributed by atoms with Crippen LogP contribution in [0.15, 0.2) is 42.5 Å². The van der Waals surface area contributed by atoms with Gasteiger partial charge in [-0.1, -0.05) is 12.1 Å². The summed E-state index contributed by atoms with van der Waals surface area (Å²) in [6.07, 6.45) is 0. The van der Waals surface area contributed by atoms with Crippen LogP contribution in [0.2, 0.25) is 0 Å². The highest BCUT2D eigenvalue weighted by atomic mass is 16.5. The van der Waals surface area contributed by atoms with Gasteiger partial charge in [-0.15, -0.1) is 0 Å². The molecular formula is C18H19N3O2. The first-order valence-electron chi connectivity index (χ1n) is 7.30. The van der Waals surface area contributed by atoms with E-state index in [-0.39, 0.29) is 0 Å². The van der Waals surface area contributed by atoms with Gasteiger partial charge in [0.1, 0.15) is 5.82 Å². The Morgan fingerprint density at radius 2 is 1.61 bits per heavy atom. The quantitative estimate of drug-likeness (QED) is 0.739. The van der Waals surface area contributed by atoms with E-state index in [9.17, 15) is 0 Å². The third kappa shape index (κ3) is 2.77. The summed E-state index contributed by atoms with van der Waals surface area (Å²) in [5.74, 6) is 2.90. The SMILES string of the molecule is COc1ccc(-c2nc(N(C)C)c3ccccc3n2)cc1OC. The predicted octanol–water partition coefficient (Wildman–Crippen LogP) is 3.38. The maximum absolute atomic E-state index is 5.37. The predicted molar refractivity (Wildman–Crippen MR) is 92.4 cm³/mol. The topological polar surface area (TPSA) is 47.5 Å². The van der Waals surface area contributed by atoms with Crippen molar-refractivity contribution in [1.82, 2.24) is 9.97 Å². The van der Waals surface area contributed by atoms with Gasteiger partial charge >= 0.3 is 0 Å². The Balaban J connectivity index is 2.20. The van der Waals surface area contributed by atoms with E-state index in [2.05, 4.69) is 4.98 Å². The largest absolute Gasteiger partial charge is 0.493 e. The van der Waals surface area contributed by atoms with Crippen molar-refractivity contribution in [3.63, 3.8) is 0 Å². The van der Waals surface area contributed by atoms with Crippen LogP contribution in [0.25, 0.3) is 22.3 Å². The van der Waals surface area contributed by atoms with Crippen LogP contribution < -0.4 is 14.4 Å². The molecule has 5 nitrogen and oxygen atoms in total. The summed E-state index contributed by atoms with van der Waals surface area (Å²) in [5.41, 5.74) is 1.80. The summed E-state index contributed by atoms with van der Waals surface area (Å²) in [7, 11) is 7.20. The molecule has 0 aliphatic heterocycles. The molecule has 0 N–H and O–H groups in total. The molecule has 2 aromatic carbocycles. The van der Waals surface area contributed by atoms with E-state index in [0.717, 1.165) is 22.3 Å². The van der Waals surface area contributed by atoms with E-state index in [1.807, 2.05) is 61.5 Å². The zero-order valence-electron chi connectivity index (χ0n) is 13.7. The summed E-state index contributed by atoms with van der Waals surface area (Å²) in [6.45, 7) is 0. The van der Waals surface area contributed by atoms with Gasteiger partial charge in [-0.05, 0) is 30.3 Å². The molecule has 0 fully saturated rings. The van der Waals surface area contributed by atoms with Gasteiger partial charge in [0.25, 0.3) is 0 Å². The Hall–Kier alpha value is -2.82. The molecule has 1 heterocycles. The van der Waals surface area contributed by atoms with Gasteiger partial charge in [-0.3, -0.25) is 0 Å². The molecule has 5 heteroatoms. The molecule has 23 heavy (non-hydrogen) atoms. The third-order valence-corrected chi connectivity index (χ3v) is 3.65. The monoisotopic (exact) mass is 309 g/mol. The van der Waals surface area contributed by atoms with Crippen molar-refractivity contribution in [2.45, 2.75) is 0 Å². The van der Waals surface area contributed by atoms with Crippen molar-refractivity contribution >= 4 is 16.7 Å². The molecule has 0 bridgehead atoms. The highest BCUT2D eigenvalue weighted by Gasteiger charge is 2.13. The molecule has 1 aromatic heterocycles. The Morgan fingerprint density at radius 1 is 0.870 bits per heavy atom. The molecule has 0 amide bonds. The zero-order chi connectivity index (χ0) is 16.4. The van der Waals surface area contributed by atoms with Crippen LogP contribution in [-0.2, 0) is 0 Å². The van der Waals surface area contributed by atoms with Crippen molar-refractivity contribution < 1.29 is 9.47 Å². The van der Waals surface area contributed by atoms with Crippen LogP contribution in [0, 0.1) is 0 Å². The molecule has 0 spiro atoms. The van der Waals surface area contributed by atoms with Gasteiger partial charge in [-0.25, -0.2) is 9.97 Å². The molecular weight excluding hydrogens is 290 g/mol. The Labute approximate surface area is 135 Å². The van der Waals surface area contributed by atoms with Crippen molar-refractivity contribution in [2.75, 3.05) is 33.2 Å². The van der Waals surface area contributed by atoms with Crippen molar-refractivity contribution in [1.29, 1.82) is 0 Å². The Bertz CT molecular complexity index is 847. The number of aromatic nitrogens is 2. The molecule has 0 aliphatic carbocycles. The first-order chi connectivity index (χ1) is 11.1. The van der Waals surface area contributed by atoms with E-state index < -0.39 is 0 Å². The van der Waals surface area contributed by atoms with E-state index in [4.69, 9.17) is 14.5 Å². The molecule has 0 atom stereocenters. The number of hydrogen-bond acceptors (Lipinski definition) is 5. The van der Waals surface area contributed by atoms with Crippen molar-refractivity contribution in [3.05, 3.63) is 42.5 Å². The van der Waals surface area contributed by atoms with Gasteiger partial charge in [0.2, 0.25) is 0 Å². The van der Waals surface area contributed by atoms with Crippen LogP contribution in [0.1, 0.15) is 0 Å². The van der Waals surface area contributed by atoms with Crippen molar-refractivity contribution in [2.24, 2.45) is 0 Å². The molecule has 0 saturated carbocycles. The van der Waals surface area contributed by atoms with Gasteiger partial charge in [0.15, 0.2) is 17.3 Å².